The first-order chi connectivity index (χ1) is 16.8. The summed E-state index contributed by atoms with van der Waals surface area (Å²) in [5.41, 5.74) is 0. The van der Waals surface area contributed by atoms with Crippen LogP contribution in [0.15, 0.2) is 0 Å². The van der Waals surface area contributed by atoms with Crippen LogP contribution in [0.1, 0.15) is 122 Å². The Morgan fingerprint density at radius 1 is 0.361 bits per heavy atom. The first kappa shape index (κ1) is 34.3. The summed E-state index contributed by atoms with van der Waals surface area (Å²) in [4.78, 5) is 0. The molecule has 0 saturated carbocycles. The Morgan fingerprint density at radius 3 is 0.611 bits per heavy atom. The molecule has 9 nitrogen and oxygen atoms in total. The number of rotatable bonds is 18. The van der Waals surface area contributed by atoms with Gasteiger partial charge in [-0.1, -0.05) is 41.5 Å². The molecule has 36 heavy (non-hydrogen) atoms. The number of hydrogen-bond acceptors (Lipinski definition) is 9. The monoisotopic (exact) mass is 570 g/mol. The minimum absolute atomic E-state index is 0.198. The molecule has 1 heterocycles. The fourth-order valence-corrected chi connectivity index (χ4v) is 14.6. The zero-order valence-corrected chi connectivity index (χ0v) is 27.9. The molecule has 216 valence electrons. The van der Waals surface area contributed by atoms with E-state index in [0.717, 1.165) is 38.5 Å². The molecule has 0 aromatic heterocycles. The fourth-order valence-electron chi connectivity index (χ4n) is 2.87. The van der Waals surface area contributed by atoms with E-state index in [1.807, 2.05) is 83.1 Å². The van der Waals surface area contributed by atoms with E-state index in [4.69, 9.17) is 38.9 Å². The van der Waals surface area contributed by atoms with E-state index in [2.05, 4.69) is 0 Å². The van der Waals surface area contributed by atoms with Crippen molar-refractivity contribution < 1.29 is 38.9 Å². The van der Waals surface area contributed by atoms with Crippen molar-refractivity contribution in [3.8, 4) is 0 Å². The molecule has 0 N–H and O–H groups in total. The molecule has 0 spiro atoms. The lowest BCUT2D eigenvalue weighted by Crippen LogP contribution is -2.78. The van der Waals surface area contributed by atoms with Gasteiger partial charge in [-0.2, -0.15) is 0 Å². The molecule has 0 bridgehead atoms. The van der Waals surface area contributed by atoms with Gasteiger partial charge in [0.05, 0.1) is 0 Å². The van der Waals surface area contributed by atoms with Gasteiger partial charge in [0.25, 0.3) is 0 Å². The highest BCUT2D eigenvalue weighted by molar-refractivity contribution is 6.82. The van der Waals surface area contributed by atoms with Crippen molar-refractivity contribution in [1.29, 1.82) is 0 Å². The Kier molecular flexibility index (Phi) is 15.0. The highest BCUT2D eigenvalue weighted by atomic mass is 28.6. The van der Waals surface area contributed by atoms with Crippen molar-refractivity contribution in [2.75, 3.05) is 0 Å². The second-order valence-corrected chi connectivity index (χ2v) is 16.7. The Bertz CT molecular complexity index is 487. The SMILES string of the molecule is CCC(C)O[Si]1(OC(C)CC)O[Si](OC(C)CC)(OC(C)CC)O[Si](OC(C)CC)(OC(C)CC)O1. The lowest BCUT2D eigenvalue weighted by atomic mass is 10.3. The normalized spacial score (nSPS) is 32.0. The predicted octanol–water partition coefficient (Wildman–Crippen LogP) is 6.25. The molecule has 12 heteroatoms. The van der Waals surface area contributed by atoms with Gasteiger partial charge in [-0.15, -0.1) is 0 Å². The van der Waals surface area contributed by atoms with Crippen LogP contribution in [-0.4, -0.2) is 63.8 Å². The molecule has 0 aromatic carbocycles. The average Bonchev–Trinajstić information content (AvgIpc) is 2.82. The van der Waals surface area contributed by atoms with Crippen LogP contribution in [0.3, 0.4) is 0 Å². The maximum atomic E-state index is 6.66. The van der Waals surface area contributed by atoms with E-state index in [0.29, 0.717) is 0 Å². The van der Waals surface area contributed by atoms with Crippen molar-refractivity contribution in [3.63, 3.8) is 0 Å². The molecule has 0 amide bonds. The average molecular weight is 571 g/mol. The number of hydrogen-bond donors (Lipinski definition) is 0. The minimum Gasteiger partial charge on any atom is -0.349 e. The van der Waals surface area contributed by atoms with Gasteiger partial charge in [-0.05, 0) is 80.1 Å². The maximum absolute atomic E-state index is 6.66. The summed E-state index contributed by atoms with van der Waals surface area (Å²) in [6, 6.07) is 0. The van der Waals surface area contributed by atoms with Gasteiger partial charge in [-0.3, -0.25) is 0 Å². The van der Waals surface area contributed by atoms with Gasteiger partial charge >= 0.3 is 27.1 Å². The van der Waals surface area contributed by atoms with Crippen LogP contribution < -0.4 is 0 Å². The van der Waals surface area contributed by atoms with E-state index in [1.54, 1.807) is 0 Å². The van der Waals surface area contributed by atoms with Crippen LogP contribution >= 0.6 is 0 Å². The van der Waals surface area contributed by atoms with Crippen molar-refractivity contribution in [1.82, 2.24) is 0 Å². The van der Waals surface area contributed by atoms with Crippen LogP contribution in [0.4, 0.5) is 0 Å². The topological polar surface area (TPSA) is 83.1 Å². The molecule has 0 aromatic rings. The van der Waals surface area contributed by atoms with Gasteiger partial charge in [0, 0.05) is 36.6 Å². The first-order valence-electron chi connectivity index (χ1n) is 14.0. The molecule has 1 aliphatic heterocycles. The van der Waals surface area contributed by atoms with E-state index in [9.17, 15) is 0 Å². The molecular formula is C24H54O9Si3. The smallest absolute Gasteiger partial charge is 0.349 e. The van der Waals surface area contributed by atoms with Crippen LogP contribution in [0.5, 0.6) is 0 Å². The van der Waals surface area contributed by atoms with Gasteiger partial charge in [-0.25, -0.2) is 0 Å². The van der Waals surface area contributed by atoms with Crippen molar-refractivity contribution in [2.45, 2.75) is 158 Å². The van der Waals surface area contributed by atoms with Crippen LogP contribution in [-0.2, 0) is 38.9 Å². The first-order valence-corrected chi connectivity index (χ1v) is 18.9. The molecule has 6 unspecified atom stereocenters. The Labute approximate surface area is 224 Å². The molecule has 1 saturated heterocycles. The predicted molar refractivity (Wildman–Crippen MR) is 146 cm³/mol. The summed E-state index contributed by atoms with van der Waals surface area (Å²) in [5, 5.41) is 0. The maximum Gasteiger partial charge on any atom is 0.668 e. The molecule has 0 aliphatic carbocycles. The third-order valence-corrected chi connectivity index (χ3v) is 16.4. The summed E-state index contributed by atoms with van der Waals surface area (Å²) >= 11 is 0. The van der Waals surface area contributed by atoms with Crippen LogP contribution in [0.25, 0.3) is 0 Å². The molecule has 0 radical (unpaired) electrons. The fraction of sp³-hybridized carbons (Fsp3) is 1.00. The second kappa shape index (κ2) is 15.8. The zero-order chi connectivity index (χ0) is 27.6. The lowest BCUT2D eigenvalue weighted by Gasteiger charge is -2.49. The molecule has 6 atom stereocenters. The zero-order valence-electron chi connectivity index (χ0n) is 24.9. The van der Waals surface area contributed by atoms with E-state index in [1.165, 1.54) is 0 Å². The van der Waals surface area contributed by atoms with E-state index in [-0.39, 0.29) is 36.6 Å². The second-order valence-electron chi connectivity index (χ2n) is 9.83. The third kappa shape index (κ3) is 10.5. The molecular weight excluding hydrogens is 517 g/mol. The highest BCUT2D eigenvalue weighted by Gasteiger charge is 2.76. The van der Waals surface area contributed by atoms with E-state index < -0.39 is 27.1 Å². The van der Waals surface area contributed by atoms with Crippen LogP contribution in [0.2, 0.25) is 0 Å². The molecule has 1 aliphatic rings. The van der Waals surface area contributed by atoms with Crippen molar-refractivity contribution in [3.05, 3.63) is 0 Å². The summed E-state index contributed by atoms with van der Waals surface area (Å²) in [6.45, 7) is 24.1. The Balaban J connectivity index is 3.81. The minimum atomic E-state index is -3.94. The van der Waals surface area contributed by atoms with E-state index >= 15 is 0 Å². The summed E-state index contributed by atoms with van der Waals surface area (Å²) < 4.78 is 59.1. The summed E-state index contributed by atoms with van der Waals surface area (Å²) in [5.74, 6) is 0. The lowest BCUT2D eigenvalue weighted by molar-refractivity contribution is -0.146. The van der Waals surface area contributed by atoms with Crippen molar-refractivity contribution in [2.24, 2.45) is 0 Å². The Morgan fingerprint density at radius 2 is 0.500 bits per heavy atom. The van der Waals surface area contributed by atoms with Crippen molar-refractivity contribution >= 4 is 27.1 Å². The largest absolute Gasteiger partial charge is 0.668 e. The Hall–Kier alpha value is 0.291. The van der Waals surface area contributed by atoms with Crippen LogP contribution in [0, 0.1) is 0 Å². The molecule has 1 fully saturated rings. The highest BCUT2D eigenvalue weighted by Crippen LogP contribution is 2.39. The quantitative estimate of drug-likeness (QED) is 0.178. The standard InChI is InChI=1S/C24H54O9Si3/c1-13-19(7)25-34(26-20(8)14-2)31-35(27-21(9)15-3,28-22(10)16-4)33-36(32-34,29-23(11)17-5)30-24(12)18-6/h19-24H,13-18H2,1-12H3. The van der Waals surface area contributed by atoms with Gasteiger partial charge in [0.2, 0.25) is 0 Å². The molecule has 1 rings (SSSR count). The third-order valence-electron chi connectivity index (χ3n) is 6.27. The summed E-state index contributed by atoms with van der Waals surface area (Å²) in [7, 11) is -11.8. The summed E-state index contributed by atoms with van der Waals surface area (Å²) in [6.07, 6.45) is 3.27. The van der Waals surface area contributed by atoms with Gasteiger partial charge < -0.3 is 38.9 Å². The van der Waals surface area contributed by atoms with Gasteiger partial charge in [0.1, 0.15) is 0 Å². The van der Waals surface area contributed by atoms with Gasteiger partial charge in [0.15, 0.2) is 0 Å².